The van der Waals surface area contributed by atoms with E-state index in [1.54, 1.807) is 0 Å². The van der Waals surface area contributed by atoms with E-state index in [1.165, 1.54) is 6.20 Å². The van der Waals surface area contributed by atoms with Crippen molar-refractivity contribution in [3.63, 3.8) is 0 Å². The zero-order valence-corrected chi connectivity index (χ0v) is 13.3. The molecule has 0 spiro atoms. The number of hydrogen-bond acceptors (Lipinski definition) is 8. The van der Waals surface area contributed by atoms with Crippen LogP contribution in [-0.2, 0) is 21.1 Å². The van der Waals surface area contributed by atoms with Gasteiger partial charge in [-0.2, -0.15) is 14.6 Å². The number of nitrogens with one attached hydrogen (secondary N) is 1. The molecule has 3 unspecified atom stereocenters. The highest BCUT2D eigenvalue weighted by Crippen LogP contribution is 2.40. The van der Waals surface area contributed by atoms with E-state index in [4.69, 9.17) is 24.8 Å². The molecule has 3 atom stereocenters. The third kappa shape index (κ3) is 3.43. The molecule has 0 aromatic carbocycles. The highest BCUT2D eigenvalue weighted by Gasteiger charge is 2.37. The molecule has 0 amide bonds. The fourth-order valence-electron chi connectivity index (χ4n) is 2.40. The van der Waals surface area contributed by atoms with Crippen molar-refractivity contribution in [3.05, 3.63) is 22.2 Å². The summed E-state index contributed by atoms with van der Waals surface area (Å²) >= 11 is 4.35. The van der Waals surface area contributed by atoms with Gasteiger partial charge >= 0.3 is 12.4 Å². The van der Waals surface area contributed by atoms with Gasteiger partial charge in [0.15, 0.2) is 5.65 Å². The Balaban J connectivity index is 1.84. The molecule has 11 nitrogen and oxygen atoms in total. The number of aliphatic hydroxyl groups is 1. The van der Waals surface area contributed by atoms with Crippen LogP contribution < -0.4 is 11.4 Å². The molecule has 1 saturated heterocycles. The molecule has 2 aromatic heterocycles. The van der Waals surface area contributed by atoms with Gasteiger partial charge in [-0.1, -0.05) is 0 Å². The van der Waals surface area contributed by atoms with E-state index in [9.17, 15) is 9.90 Å². The second-order valence-electron chi connectivity index (χ2n) is 5.02. The van der Waals surface area contributed by atoms with Gasteiger partial charge in [-0.15, -0.1) is 0 Å². The molecule has 3 heterocycles. The molecule has 23 heavy (non-hydrogen) atoms. The summed E-state index contributed by atoms with van der Waals surface area (Å²) in [6.07, 6.45) is -0.698. The molecule has 0 aliphatic carbocycles. The number of fused-ring (bicyclic) bond motifs is 1. The Kier molecular flexibility index (Phi) is 4.23. The van der Waals surface area contributed by atoms with Gasteiger partial charge in [0.1, 0.15) is 6.10 Å². The monoisotopic (exact) mass is 363 g/mol. The Morgan fingerprint density at radius 3 is 3.04 bits per heavy atom. The number of ether oxygens (including phenoxy) is 1. The Labute approximate surface area is 133 Å². The molecule has 2 aromatic rings. The molecule has 1 fully saturated rings. The quantitative estimate of drug-likeness (QED) is 0.400. The van der Waals surface area contributed by atoms with E-state index < -0.39 is 30.7 Å². The van der Waals surface area contributed by atoms with Crippen molar-refractivity contribution < 1.29 is 24.2 Å². The van der Waals surface area contributed by atoms with Crippen LogP contribution in [0.1, 0.15) is 18.1 Å². The summed E-state index contributed by atoms with van der Waals surface area (Å²) in [5.74, 6) is -0.0658. The highest BCUT2D eigenvalue weighted by molar-refractivity contribution is 8.06. The average molecular weight is 363 g/mol. The van der Waals surface area contributed by atoms with Gasteiger partial charge in [0.2, 0.25) is 5.95 Å². The molecule has 3 rings (SSSR count). The van der Waals surface area contributed by atoms with E-state index in [-0.39, 0.29) is 24.6 Å². The Bertz CT molecular complexity index is 833. The minimum Gasteiger partial charge on any atom is -0.390 e. The maximum atomic E-state index is 11.7. The maximum absolute atomic E-state index is 11.7. The van der Waals surface area contributed by atoms with Gasteiger partial charge in [0.25, 0.3) is 0 Å². The summed E-state index contributed by atoms with van der Waals surface area (Å²) in [4.78, 5) is 36.2. The predicted molar refractivity (Wildman–Crippen MR) is 80.9 cm³/mol. The molecule has 126 valence electrons. The van der Waals surface area contributed by atoms with Gasteiger partial charge in [-0.05, 0) is 11.8 Å². The molecule has 0 saturated carbocycles. The molecule has 0 radical (unpaired) electrons. The zero-order valence-electron chi connectivity index (χ0n) is 11.6. The van der Waals surface area contributed by atoms with Crippen molar-refractivity contribution in [2.24, 2.45) is 0 Å². The first-order valence-corrected chi connectivity index (χ1v) is 9.14. The van der Waals surface area contributed by atoms with E-state index in [0.717, 1.165) is 4.52 Å². The predicted octanol–water partition coefficient (Wildman–Crippen LogP) is -1.58. The van der Waals surface area contributed by atoms with Crippen molar-refractivity contribution in [2.75, 3.05) is 12.3 Å². The molecular weight excluding hydrogens is 349 g/mol. The van der Waals surface area contributed by atoms with E-state index in [0.29, 0.717) is 5.56 Å². The maximum Gasteiger partial charge on any atom is 0.350 e. The topological polar surface area (TPSA) is 168 Å². The Morgan fingerprint density at radius 2 is 2.35 bits per heavy atom. The second kappa shape index (κ2) is 5.91. The van der Waals surface area contributed by atoms with Gasteiger partial charge in [-0.3, -0.25) is 4.98 Å². The highest BCUT2D eigenvalue weighted by atomic mass is 32.5. The summed E-state index contributed by atoms with van der Waals surface area (Å²) in [5.41, 5.74) is 5.68. The smallest absolute Gasteiger partial charge is 0.350 e. The largest absolute Gasteiger partial charge is 0.390 e. The standard InChI is InChI=1S/C10H14N5O6PS/c11-9-13-8-4(2-12-15(8)10(17)14-9)6-1-5(16)7(21-6)3-20-22(18,19)23/h2,5-7,16H,1,3H2,(H2,18,19,23)(H3,11,13,14,17). The molecule has 6 N–H and O–H groups in total. The second-order valence-corrected chi connectivity index (χ2v) is 7.68. The van der Waals surface area contributed by atoms with Crippen LogP contribution in [0.15, 0.2) is 11.0 Å². The van der Waals surface area contributed by atoms with Crippen molar-refractivity contribution in [3.8, 4) is 0 Å². The average Bonchev–Trinajstić information content (AvgIpc) is 2.99. The molecular formula is C10H14N5O6PS. The fourth-order valence-corrected chi connectivity index (χ4v) is 2.92. The Morgan fingerprint density at radius 1 is 1.61 bits per heavy atom. The van der Waals surface area contributed by atoms with Crippen molar-refractivity contribution in [1.82, 2.24) is 19.6 Å². The van der Waals surface area contributed by atoms with Crippen LogP contribution in [0.25, 0.3) is 5.65 Å². The van der Waals surface area contributed by atoms with Crippen molar-refractivity contribution >= 4 is 30.1 Å². The first-order valence-electron chi connectivity index (χ1n) is 6.51. The van der Waals surface area contributed by atoms with Crippen molar-refractivity contribution in [1.29, 1.82) is 0 Å². The number of anilines is 1. The lowest BCUT2D eigenvalue weighted by Crippen LogP contribution is -2.25. The number of nitrogen functional groups attached to an aromatic ring is 1. The lowest BCUT2D eigenvalue weighted by atomic mass is 10.1. The van der Waals surface area contributed by atoms with Crippen molar-refractivity contribution in [2.45, 2.75) is 24.7 Å². The number of nitrogens with two attached hydrogens (primary N) is 1. The van der Waals surface area contributed by atoms with E-state index in [1.807, 2.05) is 0 Å². The lowest BCUT2D eigenvalue weighted by Gasteiger charge is -2.16. The fraction of sp³-hybridized carbons (Fsp3) is 0.500. The first kappa shape index (κ1) is 16.5. The lowest BCUT2D eigenvalue weighted by molar-refractivity contribution is -0.0186. The first-order chi connectivity index (χ1) is 10.7. The van der Waals surface area contributed by atoms with Gasteiger partial charge in [0, 0.05) is 12.0 Å². The van der Waals surface area contributed by atoms with Gasteiger partial charge in [-0.25, -0.2) is 4.79 Å². The zero-order chi connectivity index (χ0) is 16.8. The van der Waals surface area contributed by atoms with Crippen LogP contribution >= 0.6 is 6.72 Å². The summed E-state index contributed by atoms with van der Waals surface area (Å²) < 4.78 is 11.4. The Hall–Kier alpha value is -1.40. The van der Waals surface area contributed by atoms with Crippen LogP contribution in [0.2, 0.25) is 0 Å². The third-order valence-corrected chi connectivity index (χ3v) is 4.20. The van der Waals surface area contributed by atoms with Crippen LogP contribution in [0, 0.1) is 0 Å². The van der Waals surface area contributed by atoms with E-state index in [2.05, 4.69) is 26.9 Å². The number of aromatic nitrogens is 4. The summed E-state index contributed by atoms with van der Waals surface area (Å²) in [5, 5.41) is 13.9. The molecule has 1 aliphatic heterocycles. The summed E-state index contributed by atoms with van der Waals surface area (Å²) in [6.45, 7) is -4.09. The molecule has 0 bridgehead atoms. The minimum atomic E-state index is -3.83. The molecule has 13 heteroatoms. The number of H-pyrrole nitrogens is 1. The number of nitrogens with zero attached hydrogens (tertiary/aromatic N) is 3. The number of hydrogen-bond donors (Lipinski definition) is 5. The summed E-state index contributed by atoms with van der Waals surface area (Å²) in [7, 11) is 0. The van der Waals surface area contributed by atoms with Crippen LogP contribution in [0.3, 0.4) is 0 Å². The third-order valence-electron chi connectivity index (χ3n) is 3.40. The SMILES string of the molecule is Nc1nc2c(C3CC(O)C(COP(O)(O)=S)O3)cnn2c(=O)[nH]1. The molecule has 1 aliphatic rings. The van der Waals surface area contributed by atoms with E-state index >= 15 is 0 Å². The van der Waals surface area contributed by atoms with Gasteiger partial charge < -0.3 is 29.9 Å². The van der Waals surface area contributed by atoms with Crippen LogP contribution in [0.4, 0.5) is 5.95 Å². The number of rotatable bonds is 4. The van der Waals surface area contributed by atoms with Crippen LogP contribution in [0.5, 0.6) is 0 Å². The number of aromatic amines is 1. The normalized spacial score (nSPS) is 25.3. The summed E-state index contributed by atoms with van der Waals surface area (Å²) in [6, 6.07) is 0. The van der Waals surface area contributed by atoms with Crippen LogP contribution in [-0.4, -0.2) is 53.3 Å². The minimum absolute atomic E-state index is 0.0658. The van der Waals surface area contributed by atoms with Gasteiger partial charge in [0.05, 0.1) is 25.0 Å². The number of aliphatic hydroxyl groups excluding tert-OH is 1.